The van der Waals surface area contributed by atoms with E-state index >= 15 is 0 Å². The molecule has 0 unspecified atom stereocenters. The minimum Gasteiger partial charge on any atom is -0.354 e. The number of nitrogens with one attached hydrogen (secondary N) is 1. The summed E-state index contributed by atoms with van der Waals surface area (Å²) in [7, 11) is 1.64. The summed E-state index contributed by atoms with van der Waals surface area (Å²) in [5.74, 6) is -0.202. The molecular formula is C23H26N4O3S. The van der Waals surface area contributed by atoms with E-state index in [1.165, 1.54) is 22.1 Å². The number of carbonyl (C=O) groups is 2. The smallest absolute Gasteiger partial charge is 0.267 e. The third kappa shape index (κ3) is 4.39. The number of aryl methyl sites for hydroxylation is 1. The molecule has 0 saturated carbocycles. The molecule has 3 aromatic rings. The van der Waals surface area contributed by atoms with Crippen LogP contribution in [0, 0.1) is 6.92 Å². The number of piperidine rings is 1. The quantitative estimate of drug-likeness (QED) is 0.664. The van der Waals surface area contributed by atoms with Gasteiger partial charge in [-0.05, 0) is 55.7 Å². The topological polar surface area (TPSA) is 84.3 Å². The van der Waals surface area contributed by atoms with Crippen molar-refractivity contribution in [2.24, 2.45) is 0 Å². The molecule has 0 bridgehead atoms. The van der Waals surface area contributed by atoms with Crippen molar-refractivity contribution in [3.8, 4) is 0 Å². The highest BCUT2D eigenvalue weighted by atomic mass is 32.1. The second-order valence-corrected chi connectivity index (χ2v) is 8.95. The van der Waals surface area contributed by atoms with Gasteiger partial charge in [-0.15, -0.1) is 11.3 Å². The average molecular weight is 439 g/mol. The van der Waals surface area contributed by atoms with Crippen molar-refractivity contribution >= 4 is 33.2 Å². The standard InChI is InChI=1S/C23H26N4O3S/c1-15-10-11-20(28)27(25-15)14-21(29)26-12-6-5-7-16(26)13-18-17-8-3-4-9-19(17)31-22(18)23(30)24-2/h3-4,8-11,16H,5-7,12-14H2,1-2H3,(H,24,30)/t16-/m1/s1. The summed E-state index contributed by atoms with van der Waals surface area (Å²) in [6.45, 7) is 2.39. The molecule has 2 aromatic heterocycles. The van der Waals surface area contributed by atoms with E-state index in [-0.39, 0.29) is 30.0 Å². The fraction of sp³-hybridized carbons (Fsp3) is 0.391. The van der Waals surface area contributed by atoms with Crippen LogP contribution in [-0.2, 0) is 17.8 Å². The fourth-order valence-electron chi connectivity index (χ4n) is 4.26. The molecule has 162 valence electrons. The van der Waals surface area contributed by atoms with Crippen LogP contribution in [0.15, 0.2) is 41.2 Å². The highest BCUT2D eigenvalue weighted by Gasteiger charge is 2.30. The summed E-state index contributed by atoms with van der Waals surface area (Å²) in [5.41, 5.74) is 1.41. The molecule has 3 heterocycles. The zero-order chi connectivity index (χ0) is 22.0. The monoisotopic (exact) mass is 438 g/mol. The Labute approximate surface area is 184 Å². The van der Waals surface area contributed by atoms with Gasteiger partial charge >= 0.3 is 0 Å². The van der Waals surface area contributed by atoms with E-state index in [9.17, 15) is 14.4 Å². The van der Waals surface area contributed by atoms with Gasteiger partial charge in [-0.1, -0.05) is 18.2 Å². The van der Waals surface area contributed by atoms with Gasteiger partial charge in [0.05, 0.1) is 10.6 Å². The van der Waals surface area contributed by atoms with Crippen LogP contribution >= 0.6 is 11.3 Å². The van der Waals surface area contributed by atoms with Crippen LogP contribution in [0.2, 0.25) is 0 Å². The molecule has 1 N–H and O–H groups in total. The minimum atomic E-state index is -0.279. The van der Waals surface area contributed by atoms with E-state index in [0.717, 1.165) is 34.9 Å². The maximum Gasteiger partial charge on any atom is 0.267 e. The number of carbonyl (C=O) groups excluding carboxylic acids is 2. The number of amides is 2. The second-order valence-electron chi connectivity index (χ2n) is 7.90. The lowest BCUT2D eigenvalue weighted by Crippen LogP contribution is -2.47. The van der Waals surface area contributed by atoms with Gasteiger partial charge in [-0.25, -0.2) is 4.68 Å². The lowest BCUT2D eigenvalue weighted by atomic mass is 9.94. The number of thiophene rings is 1. The first-order valence-corrected chi connectivity index (χ1v) is 11.4. The van der Waals surface area contributed by atoms with Crippen molar-refractivity contribution in [2.45, 2.75) is 45.2 Å². The molecule has 1 aliphatic rings. The van der Waals surface area contributed by atoms with Crippen LogP contribution in [0.25, 0.3) is 10.1 Å². The normalized spacial score (nSPS) is 16.5. The Morgan fingerprint density at radius 1 is 1.19 bits per heavy atom. The van der Waals surface area contributed by atoms with Gasteiger partial charge in [0.1, 0.15) is 6.54 Å². The van der Waals surface area contributed by atoms with Crippen molar-refractivity contribution in [1.82, 2.24) is 20.0 Å². The predicted octanol–water partition coefficient (Wildman–Crippen LogP) is 2.75. The molecule has 0 radical (unpaired) electrons. The maximum atomic E-state index is 13.2. The van der Waals surface area contributed by atoms with Crippen molar-refractivity contribution < 1.29 is 9.59 Å². The molecule has 1 aliphatic heterocycles. The van der Waals surface area contributed by atoms with Gasteiger partial charge in [0.25, 0.3) is 11.5 Å². The van der Waals surface area contributed by atoms with Crippen LogP contribution < -0.4 is 10.9 Å². The molecule has 7 nitrogen and oxygen atoms in total. The highest BCUT2D eigenvalue weighted by Crippen LogP contribution is 2.34. The lowest BCUT2D eigenvalue weighted by molar-refractivity contribution is -0.135. The van der Waals surface area contributed by atoms with E-state index < -0.39 is 0 Å². The summed E-state index contributed by atoms with van der Waals surface area (Å²) < 4.78 is 2.31. The highest BCUT2D eigenvalue weighted by molar-refractivity contribution is 7.21. The first kappa shape index (κ1) is 21.2. The van der Waals surface area contributed by atoms with E-state index in [2.05, 4.69) is 10.4 Å². The molecule has 1 atom stereocenters. The Kier molecular flexibility index (Phi) is 6.18. The number of aromatic nitrogens is 2. The van der Waals surface area contributed by atoms with Gasteiger partial charge in [-0.2, -0.15) is 5.10 Å². The number of nitrogens with zero attached hydrogens (tertiary/aromatic N) is 3. The molecule has 1 saturated heterocycles. The Hall–Kier alpha value is -3.00. The SMILES string of the molecule is CNC(=O)c1sc2ccccc2c1C[C@H]1CCCCN1C(=O)Cn1nc(C)ccc1=O. The Bertz CT molecular complexity index is 1180. The fourth-order valence-corrected chi connectivity index (χ4v) is 5.44. The third-order valence-electron chi connectivity index (χ3n) is 5.80. The summed E-state index contributed by atoms with van der Waals surface area (Å²) in [4.78, 5) is 40.4. The van der Waals surface area contributed by atoms with Gasteiger partial charge in [0, 0.05) is 30.4 Å². The van der Waals surface area contributed by atoms with E-state index in [1.54, 1.807) is 20.0 Å². The molecule has 0 aliphatic carbocycles. The summed E-state index contributed by atoms with van der Waals surface area (Å²) in [6, 6.07) is 11.1. The minimum absolute atomic E-state index is 0.0110. The molecule has 31 heavy (non-hydrogen) atoms. The number of benzene rings is 1. The largest absolute Gasteiger partial charge is 0.354 e. The maximum absolute atomic E-state index is 13.2. The van der Waals surface area contributed by atoms with Crippen LogP contribution in [0.4, 0.5) is 0 Å². The number of fused-ring (bicyclic) bond motifs is 1. The van der Waals surface area contributed by atoms with Crippen molar-refractivity contribution in [1.29, 1.82) is 0 Å². The Morgan fingerprint density at radius 2 is 2.00 bits per heavy atom. The number of hydrogen-bond acceptors (Lipinski definition) is 5. The molecule has 2 amide bonds. The van der Waals surface area contributed by atoms with Gasteiger partial charge < -0.3 is 10.2 Å². The number of likely N-dealkylation sites (tertiary alicyclic amines) is 1. The third-order valence-corrected chi connectivity index (χ3v) is 7.02. The average Bonchev–Trinajstić information content (AvgIpc) is 3.14. The zero-order valence-electron chi connectivity index (χ0n) is 17.8. The van der Waals surface area contributed by atoms with E-state index in [0.29, 0.717) is 23.5 Å². The molecular weight excluding hydrogens is 412 g/mol. The number of hydrogen-bond donors (Lipinski definition) is 1. The van der Waals surface area contributed by atoms with Gasteiger partial charge in [-0.3, -0.25) is 14.4 Å². The van der Waals surface area contributed by atoms with Crippen LogP contribution in [0.1, 0.15) is 40.2 Å². The van der Waals surface area contributed by atoms with Gasteiger partial charge in [0.2, 0.25) is 5.91 Å². The van der Waals surface area contributed by atoms with Crippen molar-refractivity contribution in [3.05, 3.63) is 62.9 Å². The summed E-state index contributed by atoms with van der Waals surface area (Å²) in [6.07, 6.45) is 3.47. The Morgan fingerprint density at radius 3 is 2.81 bits per heavy atom. The Balaban J connectivity index is 1.63. The van der Waals surface area contributed by atoms with Crippen LogP contribution in [-0.4, -0.2) is 46.1 Å². The molecule has 4 rings (SSSR count). The first-order valence-electron chi connectivity index (χ1n) is 10.5. The summed E-state index contributed by atoms with van der Waals surface area (Å²) >= 11 is 1.49. The zero-order valence-corrected chi connectivity index (χ0v) is 18.6. The molecule has 0 spiro atoms. The molecule has 1 fully saturated rings. The molecule has 8 heteroatoms. The molecule has 1 aromatic carbocycles. The van der Waals surface area contributed by atoms with Crippen molar-refractivity contribution in [2.75, 3.05) is 13.6 Å². The van der Waals surface area contributed by atoms with E-state index in [4.69, 9.17) is 0 Å². The lowest BCUT2D eigenvalue weighted by Gasteiger charge is -2.36. The van der Waals surface area contributed by atoms with Crippen molar-refractivity contribution in [3.63, 3.8) is 0 Å². The van der Waals surface area contributed by atoms with Gasteiger partial charge in [0.15, 0.2) is 0 Å². The number of rotatable bonds is 5. The van der Waals surface area contributed by atoms with Crippen LogP contribution in [0.5, 0.6) is 0 Å². The summed E-state index contributed by atoms with van der Waals surface area (Å²) in [5, 5.41) is 8.02. The van der Waals surface area contributed by atoms with Crippen LogP contribution in [0.3, 0.4) is 0 Å². The second kappa shape index (κ2) is 9.01. The predicted molar refractivity (Wildman–Crippen MR) is 122 cm³/mol. The first-order chi connectivity index (χ1) is 15.0. The van der Waals surface area contributed by atoms with E-state index in [1.807, 2.05) is 29.2 Å².